The molecule has 1 rings (SSSR count). The van der Waals surface area contributed by atoms with Crippen molar-refractivity contribution in [2.24, 2.45) is 99.5 Å². The molecule has 1 aliphatic rings. The van der Waals surface area contributed by atoms with Crippen LogP contribution in [0.15, 0.2) is 25.0 Å². The van der Waals surface area contributed by atoms with E-state index >= 15 is 0 Å². The first kappa shape index (κ1) is 87.8. The number of rotatable bonds is 51. The highest BCUT2D eigenvalue weighted by Crippen LogP contribution is 2.20. The Morgan fingerprint density at radius 3 is 0.970 bits per heavy atom. The van der Waals surface area contributed by atoms with Gasteiger partial charge in [0.25, 0.3) is 0 Å². The Hall–Kier alpha value is -10.2. The zero-order chi connectivity index (χ0) is 75.4. The van der Waals surface area contributed by atoms with Crippen molar-refractivity contribution in [3.63, 3.8) is 0 Å². The number of nitrogens with zero attached hydrogens (tertiary/aromatic N) is 6. The fourth-order valence-electron chi connectivity index (χ4n) is 9.93. The molecule has 0 bridgehead atoms. The maximum Gasteiger partial charge on any atom is 0.322 e. The molecule has 43 nitrogen and oxygen atoms in total. The van der Waals surface area contributed by atoms with Gasteiger partial charge in [0.1, 0.15) is 67.0 Å². The zero-order valence-electron chi connectivity index (χ0n) is 56.6. The summed E-state index contributed by atoms with van der Waals surface area (Å²) in [6.07, 6.45) is -1.68. The van der Waals surface area contributed by atoms with Crippen LogP contribution >= 0.6 is 0 Å². The lowest BCUT2D eigenvalue weighted by molar-refractivity contribution is -0.142. The number of aliphatic imine (C=N–C) groups is 5. The van der Waals surface area contributed by atoms with Crippen molar-refractivity contribution < 1.29 is 72.9 Å². The number of carbonyl (C=O) groups is 12. The number of likely N-dealkylation sites (tertiary alicyclic amines) is 1. The Labute approximate surface area is 578 Å². The summed E-state index contributed by atoms with van der Waals surface area (Å²) >= 11 is 0. The molecule has 100 heavy (non-hydrogen) atoms. The highest BCUT2D eigenvalue weighted by atomic mass is 16.4. The molecule has 10 amide bonds. The second kappa shape index (κ2) is 48.5. The number of aliphatic hydroxyl groups is 1. The van der Waals surface area contributed by atoms with Crippen LogP contribution in [0.25, 0.3) is 0 Å². The molecule has 1 heterocycles. The summed E-state index contributed by atoms with van der Waals surface area (Å²) in [6, 6.07) is -15.0. The van der Waals surface area contributed by atoms with Crippen molar-refractivity contribution in [2.75, 3.05) is 58.9 Å². The summed E-state index contributed by atoms with van der Waals surface area (Å²) in [5.41, 5.74) is 72.7. The van der Waals surface area contributed by atoms with Gasteiger partial charge in [0.05, 0.1) is 12.5 Å². The lowest BCUT2D eigenvalue weighted by atomic mass is 10.0. The lowest BCUT2D eigenvalue weighted by Gasteiger charge is -2.29. The summed E-state index contributed by atoms with van der Waals surface area (Å²) in [5, 5.41) is 51.9. The van der Waals surface area contributed by atoms with Crippen molar-refractivity contribution in [1.82, 2.24) is 52.8 Å². The lowest BCUT2D eigenvalue weighted by Crippen LogP contribution is -2.60. The number of carboxylic acids is 2. The molecule has 11 atom stereocenters. The quantitative estimate of drug-likeness (QED) is 0.0153. The van der Waals surface area contributed by atoms with Crippen LogP contribution in [0.4, 0.5) is 0 Å². The molecule has 1 aliphatic heterocycles. The molecule has 0 aromatic carbocycles. The van der Waals surface area contributed by atoms with Gasteiger partial charge in [-0.05, 0) is 136 Å². The van der Waals surface area contributed by atoms with Crippen LogP contribution in [0.2, 0.25) is 0 Å². The van der Waals surface area contributed by atoms with Crippen LogP contribution in [0.3, 0.4) is 0 Å². The molecular formula is C57H108N28O15. The fourth-order valence-corrected chi connectivity index (χ4v) is 9.93. The molecule has 0 spiro atoms. The van der Waals surface area contributed by atoms with Crippen LogP contribution in [0, 0.1) is 0 Å². The summed E-state index contributed by atoms with van der Waals surface area (Å²) in [5.74, 6) is -14.1. The van der Waals surface area contributed by atoms with E-state index in [2.05, 4.69) is 72.8 Å². The van der Waals surface area contributed by atoms with Gasteiger partial charge in [0.2, 0.25) is 59.1 Å². The minimum atomic E-state index is -1.97. The van der Waals surface area contributed by atoms with E-state index in [1.807, 2.05) is 0 Å². The van der Waals surface area contributed by atoms with Gasteiger partial charge < -0.3 is 143 Å². The maximum absolute atomic E-state index is 14.7. The molecule has 566 valence electrons. The molecule has 1 saturated heterocycles. The monoisotopic (exact) mass is 1420 g/mol. The highest BCUT2D eigenvalue weighted by Gasteiger charge is 2.40. The third-order valence-electron chi connectivity index (χ3n) is 15.1. The summed E-state index contributed by atoms with van der Waals surface area (Å²) in [6.45, 7) is 0.643. The van der Waals surface area contributed by atoms with Gasteiger partial charge in [-0.25, -0.2) is 0 Å². The summed E-state index contributed by atoms with van der Waals surface area (Å²) in [4.78, 5) is 186. The standard InChI is InChI=1S/C57H108N28O15/c1-30(86)42(60)52(100)85-27-11-19-39(85)51(99)83-37(18-10-26-75-57(69)70)49(97)84-38(28-40(87)88)50(98)82-36(17-9-25-74-56(67)68)48(96)81-35(16-8-24-73-55(65)66)47(95)80-34(15-7-23-72-54(63)64)46(94)79-33(13-3-5-21-59)45(93)78-32(12-2-4-20-58)44(92)77-31(14-6-22-71-53(61)62)43(91)76-29-41(89)90/h30-39,42,86H,2-29,58-60H2,1H3,(H,76,91)(H,77,92)(H,78,93)(H,79,94)(H,80,95)(H,81,96)(H,82,98)(H,83,99)(H,84,97)(H,87,88)(H,89,90)(H4,61,62,71)(H4,63,64,72)(H4,65,66,73)(H4,67,68,74)(H4,69,70,75)/t30-,31+,32+,33+,34+,35+,36+,37+,38+,39+,42+/m1/s1. The minimum absolute atomic E-state index is 0.0154. The predicted molar refractivity (Wildman–Crippen MR) is 368 cm³/mol. The van der Waals surface area contributed by atoms with E-state index in [0.29, 0.717) is 19.3 Å². The van der Waals surface area contributed by atoms with Gasteiger partial charge in [0, 0.05) is 39.3 Å². The number of nitrogens with one attached hydrogen (secondary N) is 9. The Morgan fingerprint density at radius 1 is 0.410 bits per heavy atom. The number of guanidine groups is 5. The van der Waals surface area contributed by atoms with Crippen molar-refractivity contribution in [2.45, 2.75) is 195 Å². The number of carboxylic acid groups (broad SMARTS) is 2. The zero-order valence-corrected chi connectivity index (χ0v) is 56.6. The fraction of sp³-hybridized carbons (Fsp3) is 0.702. The first-order chi connectivity index (χ1) is 47.2. The van der Waals surface area contributed by atoms with Crippen molar-refractivity contribution >= 4 is 101 Å². The first-order valence-electron chi connectivity index (χ1n) is 32.8. The number of hydrogen-bond donors (Lipinski definition) is 25. The molecule has 0 aromatic heterocycles. The molecule has 0 aromatic rings. The van der Waals surface area contributed by atoms with E-state index in [1.54, 1.807) is 0 Å². The number of aliphatic carboxylic acids is 2. The van der Waals surface area contributed by atoms with Gasteiger partial charge in [-0.3, -0.25) is 82.5 Å². The van der Waals surface area contributed by atoms with E-state index < -0.39 is 150 Å². The second-order valence-corrected chi connectivity index (χ2v) is 23.5. The van der Waals surface area contributed by atoms with Gasteiger partial charge in [-0.1, -0.05) is 0 Å². The molecule has 0 aliphatic carbocycles. The third-order valence-corrected chi connectivity index (χ3v) is 15.1. The van der Waals surface area contributed by atoms with Crippen LogP contribution in [0.1, 0.15) is 129 Å². The largest absolute Gasteiger partial charge is 0.481 e. The average Bonchev–Trinajstić information content (AvgIpc) is 1.62. The molecule has 0 radical (unpaired) electrons. The number of nitrogens with two attached hydrogens (primary N) is 13. The van der Waals surface area contributed by atoms with Gasteiger partial charge >= 0.3 is 11.9 Å². The Balaban J connectivity index is 3.89. The van der Waals surface area contributed by atoms with Crippen LogP contribution < -0.4 is 122 Å². The van der Waals surface area contributed by atoms with Crippen LogP contribution in [0.5, 0.6) is 0 Å². The number of hydrogen-bond acceptors (Lipinski definition) is 21. The van der Waals surface area contributed by atoms with E-state index in [0.717, 1.165) is 4.90 Å². The normalized spacial score (nSPS) is 15.4. The Kier molecular flexibility index (Phi) is 42.6. The van der Waals surface area contributed by atoms with Gasteiger partial charge in [-0.15, -0.1) is 0 Å². The summed E-state index contributed by atoms with van der Waals surface area (Å²) < 4.78 is 0. The highest BCUT2D eigenvalue weighted by molar-refractivity contribution is 6.00. The number of aliphatic hydroxyl groups excluding tert-OH is 1. The minimum Gasteiger partial charge on any atom is -0.481 e. The topological polar surface area (TPSA) is 777 Å². The molecule has 1 fully saturated rings. The van der Waals surface area contributed by atoms with Gasteiger partial charge in [0.15, 0.2) is 29.8 Å². The number of unbranched alkanes of at least 4 members (excludes halogenated alkanes) is 2. The summed E-state index contributed by atoms with van der Waals surface area (Å²) in [7, 11) is 0. The number of amides is 10. The van der Waals surface area contributed by atoms with Gasteiger partial charge in [-0.2, -0.15) is 0 Å². The number of carbonyl (C=O) groups excluding carboxylic acids is 10. The van der Waals surface area contributed by atoms with E-state index in [1.165, 1.54) is 6.92 Å². The third kappa shape index (κ3) is 37.0. The van der Waals surface area contributed by atoms with Crippen molar-refractivity contribution in [3.8, 4) is 0 Å². The molecule has 43 heteroatoms. The molecule has 38 N–H and O–H groups in total. The Morgan fingerprint density at radius 2 is 0.690 bits per heavy atom. The molecule has 0 saturated carbocycles. The molecular weight excluding hydrogens is 1320 g/mol. The van der Waals surface area contributed by atoms with E-state index in [9.17, 15) is 72.9 Å². The van der Waals surface area contributed by atoms with E-state index in [4.69, 9.17) is 74.5 Å². The predicted octanol–water partition coefficient (Wildman–Crippen LogP) is -11.2. The SMILES string of the molecule is C[C@@H](O)[C@H](N)C(=O)N1CCC[C@H]1C(=O)N[C@@H](CCCN=C(N)N)C(=O)N[C@@H](CC(=O)O)C(=O)N[C@@H](CCCN=C(N)N)C(=O)N[C@@H](CCCN=C(N)N)C(=O)N[C@@H](CCCN=C(N)N)C(=O)N[C@@H](CCCCN)C(=O)N[C@@H](CCCCN)C(=O)N[C@@H](CCCN=C(N)N)C(=O)NCC(=O)O. The van der Waals surface area contributed by atoms with Crippen molar-refractivity contribution in [1.29, 1.82) is 0 Å². The Bertz CT molecular complexity index is 2830. The van der Waals surface area contributed by atoms with Crippen LogP contribution in [-0.4, -0.2) is 246 Å². The van der Waals surface area contributed by atoms with E-state index in [-0.39, 0.29) is 178 Å². The first-order valence-corrected chi connectivity index (χ1v) is 32.8. The maximum atomic E-state index is 14.7. The van der Waals surface area contributed by atoms with Crippen LogP contribution in [-0.2, 0) is 57.5 Å². The average molecular weight is 1430 g/mol. The molecule has 0 unspecified atom stereocenters. The second-order valence-electron chi connectivity index (χ2n) is 23.5. The van der Waals surface area contributed by atoms with Crippen molar-refractivity contribution in [3.05, 3.63) is 0 Å². The smallest absolute Gasteiger partial charge is 0.322 e.